The number of benzene rings is 2. The number of hydrogen-bond acceptors (Lipinski definition) is 4. The second kappa shape index (κ2) is 7.54. The summed E-state index contributed by atoms with van der Waals surface area (Å²) in [7, 11) is -2.42. The van der Waals surface area contributed by atoms with E-state index in [1.165, 1.54) is 19.2 Å². The topological polar surface area (TPSA) is 75.7 Å². The third-order valence-electron chi connectivity index (χ3n) is 5.02. The van der Waals surface area contributed by atoms with Crippen LogP contribution < -0.4 is 14.4 Å². The second-order valence-electron chi connectivity index (χ2n) is 8.09. The number of nitrogens with one attached hydrogen (secondary N) is 1. The van der Waals surface area contributed by atoms with Gasteiger partial charge in [0.05, 0.1) is 17.7 Å². The van der Waals surface area contributed by atoms with Crippen LogP contribution in [0.2, 0.25) is 5.02 Å². The summed E-state index contributed by atoms with van der Waals surface area (Å²) in [5.74, 6) is 0.250. The van der Waals surface area contributed by atoms with E-state index in [4.69, 9.17) is 16.3 Å². The Morgan fingerprint density at radius 1 is 1.21 bits per heavy atom. The Balaban J connectivity index is 2.01. The van der Waals surface area contributed by atoms with Gasteiger partial charge in [-0.3, -0.25) is 9.52 Å². The molecule has 1 aliphatic rings. The molecule has 3 rings (SSSR count). The molecule has 156 valence electrons. The number of carbonyl (C=O) groups excluding carboxylic acids is 1. The lowest BCUT2D eigenvalue weighted by molar-refractivity contribution is -0.121. The lowest BCUT2D eigenvalue weighted by atomic mass is 9.87. The minimum Gasteiger partial charge on any atom is -0.495 e. The van der Waals surface area contributed by atoms with Crippen molar-refractivity contribution in [2.24, 2.45) is 5.92 Å². The molecule has 6 nitrogen and oxygen atoms in total. The third-order valence-corrected chi connectivity index (χ3v) is 6.62. The smallest absolute Gasteiger partial charge is 0.262 e. The maximum atomic E-state index is 13.0. The molecule has 1 amide bonds. The predicted molar refractivity (Wildman–Crippen MR) is 115 cm³/mol. The molecule has 0 bridgehead atoms. The number of amides is 1. The van der Waals surface area contributed by atoms with Crippen molar-refractivity contribution in [2.45, 2.75) is 38.0 Å². The zero-order valence-corrected chi connectivity index (χ0v) is 18.7. The molecule has 0 saturated carbocycles. The van der Waals surface area contributed by atoms with Gasteiger partial charge < -0.3 is 9.64 Å². The number of nitrogens with zero attached hydrogens (tertiary/aromatic N) is 1. The molecule has 0 spiro atoms. The van der Waals surface area contributed by atoms with Gasteiger partial charge in [0.1, 0.15) is 5.75 Å². The van der Waals surface area contributed by atoms with E-state index in [1.54, 1.807) is 29.2 Å². The van der Waals surface area contributed by atoms with E-state index in [0.29, 0.717) is 17.3 Å². The highest BCUT2D eigenvalue weighted by Crippen LogP contribution is 2.42. The largest absolute Gasteiger partial charge is 0.495 e. The van der Waals surface area contributed by atoms with Crippen LogP contribution in [-0.4, -0.2) is 28.0 Å². The zero-order valence-electron chi connectivity index (χ0n) is 17.1. The number of methoxy groups -OCH3 is 1. The van der Waals surface area contributed by atoms with E-state index >= 15 is 0 Å². The van der Waals surface area contributed by atoms with Crippen molar-refractivity contribution in [2.75, 3.05) is 23.3 Å². The van der Waals surface area contributed by atoms with Crippen molar-refractivity contribution >= 4 is 38.9 Å². The van der Waals surface area contributed by atoms with Gasteiger partial charge >= 0.3 is 0 Å². The first-order chi connectivity index (χ1) is 13.5. The normalized spacial score (nSPS) is 15.3. The molecule has 2 aromatic rings. The van der Waals surface area contributed by atoms with Crippen LogP contribution >= 0.6 is 11.6 Å². The monoisotopic (exact) mass is 436 g/mol. The molecule has 1 N–H and O–H groups in total. The highest BCUT2D eigenvalue weighted by molar-refractivity contribution is 7.92. The molecule has 8 heteroatoms. The number of fused-ring (bicyclic) bond motifs is 1. The van der Waals surface area contributed by atoms with Crippen LogP contribution in [0.5, 0.6) is 5.75 Å². The summed E-state index contributed by atoms with van der Waals surface area (Å²) in [6, 6.07) is 9.58. The minimum absolute atomic E-state index is 0.0224. The number of hydrogen-bond donors (Lipinski definition) is 1. The average Bonchev–Trinajstić information content (AvgIpc) is 2.91. The van der Waals surface area contributed by atoms with Crippen molar-refractivity contribution in [1.29, 1.82) is 0 Å². The van der Waals surface area contributed by atoms with E-state index in [2.05, 4.69) is 4.72 Å². The van der Waals surface area contributed by atoms with Crippen molar-refractivity contribution in [3.63, 3.8) is 0 Å². The van der Waals surface area contributed by atoms with Crippen molar-refractivity contribution in [3.05, 3.63) is 47.0 Å². The van der Waals surface area contributed by atoms with Gasteiger partial charge in [-0.05, 0) is 42.0 Å². The molecular weight excluding hydrogens is 412 g/mol. The fourth-order valence-electron chi connectivity index (χ4n) is 3.50. The van der Waals surface area contributed by atoms with Crippen molar-refractivity contribution in [1.82, 2.24) is 0 Å². The Labute approximate surface area is 176 Å². The maximum Gasteiger partial charge on any atom is 0.262 e. The molecular formula is C21H25ClN2O4S. The molecule has 0 aromatic heterocycles. The summed E-state index contributed by atoms with van der Waals surface area (Å²) in [6.45, 7) is 8.23. The summed E-state index contributed by atoms with van der Waals surface area (Å²) < 4.78 is 33.8. The molecule has 0 atom stereocenters. The number of carbonyl (C=O) groups is 1. The number of rotatable bonds is 5. The van der Waals surface area contributed by atoms with Gasteiger partial charge in [-0.1, -0.05) is 39.3 Å². The fourth-order valence-corrected chi connectivity index (χ4v) is 4.76. The molecule has 0 unspecified atom stereocenters. The van der Waals surface area contributed by atoms with Crippen molar-refractivity contribution in [3.8, 4) is 5.75 Å². The lowest BCUT2D eigenvalue weighted by Crippen LogP contribution is -2.36. The van der Waals surface area contributed by atoms with Gasteiger partial charge in [0.15, 0.2) is 0 Å². The van der Waals surface area contributed by atoms with E-state index in [0.717, 1.165) is 11.3 Å². The van der Waals surface area contributed by atoms with Crippen molar-refractivity contribution < 1.29 is 17.9 Å². The first-order valence-corrected chi connectivity index (χ1v) is 11.1. The SMILES string of the molecule is COc1ccc(Cl)cc1NS(=O)(=O)c1ccc2c(c1)C(C)(C)CN2C(=O)C(C)C. The van der Waals surface area contributed by atoms with Crippen LogP contribution in [-0.2, 0) is 20.2 Å². The molecule has 1 heterocycles. The van der Waals surface area contributed by atoms with E-state index in [-0.39, 0.29) is 27.8 Å². The molecule has 0 fully saturated rings. The molecule has 0 radical (unpaired) electrons. The second-order valence-corrected chi connectivity index (χ2v) is 10.2. The van der Waals surface area contributed by atoms with Gasteiger partial charge in [0, 0.05) is 28.6 Å². The highest BCUT2D eigenvalue weighted by Gasteiger charge is 2.39. The molecule has 0 aliphatic carbocycles. The van der Waals surface area contributed by atoms with Gasteiger partial charge in [-0.15, -0.1) is 0 Å². The molecule has 2 aromatic carbocycles. The quantitative estimate of drug-likeness (QED) is 0.752. The third kappa shape index (κ3) is 4.07. The summed E-state index contributed by atoms with van der Waals surface area (Å²) in [5.41, 5.74) is 1.48. The Morgan fingerprint density at radius 3 is 2.52 bits per heavy atom. The number of halogens is 1. The summed E-state index contributed by atoms with van der Waals surface area (Å²) in [5, 5.41) is 0.390. The van der Waals surface area contributed by atoms with Gasteiger partial charge in [0.25, 0.3) is 10.0 Å². The Hall–Kier alpha value is -2.25. The van der Waals surface area contributed by atoms with Gasteiger partial charge in [0.2, 0.25) is 5.91 Å². The Bertz CT molecular complexity index is 1060. The molecule has 1 aliphatic heterocycles. The molecule has 0 saturated heterocycles. The number of ether oxygens (including phenoxy) is 1. The summed E-state index contributed by atoms with van der Waals surface area (Å²) in [4.78, 5) is 14.4. The van der Waals surface area contributed by atoms with Crippen LogP contribution in [0.15, 0.2) is 41.3 Å². The lowest BCUT2D eigenvalue weighted by Gasteiger charge is -2.22. The van der Waals surface area contributed by atoms with E-state index in [9.17, 15) is 13.2 Å². The fraction of sp³-hybridized carbons (Fsp3) is 0.381. The van der Waals surface area contributed by atoms with E-state index < -0.39 is 10.0 Å². The first-order valence-electron chi connectivity index (χ1n) is 9.28. The predicted octanol–water partition coefficient (Wildman–Crippen LogP) is 4.43. The summed E-state index contributed by atoms with van der Waals surface area (Å²) in [6.07, 6.45) is 0. The zero-order chi connectivity index (χ0) is 21.6. The Kier molecular flexibility index (Phi) is 5.58. The first kappa shape index (κ1) is 21.5. The van der Waals surface area contributed by atoms with Gasteiger partial charge in [-0.2, -0.15) is 0 Å². The average molecular weight is 437 g/mol. The number of anilines is 2. The molecule has 29 heavy (non-hydrogen) atoms. The Morgan fingerprint density at radius 2 is 1.90 bits per heavy atom. The van der Waals surface area contributed by atoms with Crippen LogP contribution in [0.4, 0.5) is 11.4 Å². The van der Waals surface area contributed by atoms with E-state index in [1.807, 2.05) is 27.7 Å². The van der Waals surface area contributed by atoms with Crippen LogP contribution in [0.25, 0.3) is 0 Å². The van der Waals surface area contributed by atoms with Crippen LogP contribution in [0, 0.1) is 5.92 Å². The number of sulfonamides is 1. The van der Waals surface area contributed by atoms with Gasteiger partial charge in [-0.25, -0.2) is 8.42 Å². The summed E-state index contributed by atoms with van der Waals surface area (Å²) >= 11 is 6.01. The van der Waals surface area contributed by atoms with Crippen LogP contribution in [0.1, 0.15) is 33.3 Å². The maximum absolute atomic E-state index is 13.0. The minimum atomic E-state index is -3.88. The standard InChI is InChI=1S/C21H25ClN2O4S/c1-13(2)20(25)24-12-21(3,4)16-11-15(7-8-18(16)24)29(26,27)23-17-10-14(22)6-9-19(17)28-5/h6-11,13,23H,12H2,1-5H3. The van der Waals surface area contributed by atoms with Crippen LogP contribution in [0.3, 0.4) is 0 Å². The highest BCUT2D eigenvalue weighted by atomic mass is 35.5.